The third kappa shape index (κ3) is 4.38. The summed E-state index contributed by atoms with van der Waals surface area (Å²) in [4.78, 5) is 10.8. The first-order valence-corrected chi connectivity index (χ1v) is 7.11. The third-order valence-corrected chi connectivity index (χ3v) is 3.24. The molecule has 0 aliphatic carbocycles. The van der Waals surface area contributed by atoms with Gasteiger partial charge in [0, 0.05) is 0 Å². The first kappa shape index (κ1) is 15.6. The fourth-order valence-electron chi connectivity index (χ4n) is 2.08. The molecule has 5 heteroatoms. The number of hydrogen-bond acceptors (Lipinski definition) is 4. The fourth-order valence-corrected chi connectivity index (χ4v) is 2.08. The number of carboxylic acids is 1. The topological polar surface area (TPSA) is 83.5 Å². The van der Waals surface area contributed by atoms with Gasteiger partial charge in [0.05, 0.1) is 12.7 Å². The lowest BCUT2D eigenvalue weighted by Gasteiger charge is -2.07. The normalized spacial score (nSPS) is 11.6. The third-order valence-electron chi connectivity index (χ3n) is 3.24. The molecule has 1 atom stereocenters. The molecule has 1 unspecified atom stereocenters. The van der Waals surface area contributed by atoms with E-state index in [1.807, 2.05) is 30.3 Å². The van der Waals surface area contributed by atoms with Gasteiger partial charge in [-0.3, -0.25) is 0 Å². The Morgan fingerprint density at radius 2 is 2.00 bits per heavy atom. The summed E-state index contributed by atoms with van der Waals surface area (Å²) >= 11 is 0. The quantitative estimate of drug-likeness (QED) is 0.749. The highest BCUT2D eigenvalue weighted by Gasteiger charge is 2.17. The standard InChI is InChI=1S/C17H17NO4/c18-12-13(15-9-10-16(22-15)17(19)20)6-4-5-11-21-14-7-2-1-3-8-14/h1-3,7-10,13H,4-6,11H2,(H,19,20). The van der Waals surface area contributed by atoms with Crippen LogP contribution in [0, 0.1) is 11.3 Å². The number of carbonyl (C=O) groups is 1. The summed E-state index contributed by atoms with van der Waals surface area (Å²) < 4.78 is 10.7. The van der Waals surface area contributed by atoms with Gasteiger partial charge in [0.25, 0.3) is 0 Å². The van der Waals surface area contributed by atoms with Gasteiger partial charge >= 0.3 is 5.97 Å². The number of nitrogens with zero attached hydrogens (tertiary/aromatic N) is 1. The van der Waals surface area contributed by atoms with Crippen molar-refractivity contribution in [1.29, 1.82) is 5.26 Å². The van der Waals surface area contributed by atoms with E-state index in [1.165, 1.54) is 6.07 Å². The van der Waals surface area contributed by atoms with E-state index in [9.17, 15) is 10.1 Å². The molecule has 0 saturated heterocycles. The molecular formula is C17H17NO4. The van der Waals surface area contributed by atoms with Crippen LogP contribution in [0.15, 0.2) is 46.9 Å². The predicted octanol–water partition coefficient (Wildman–Crippen LogP) is 3.83. The van der Waals surface area contributed by atoms with Crippen molar-refractivity contribution in [2.45, 2.75) is 25.2 Å². The Kier molecular flexibility index (Phi) is 5.61. The molecule has 1 aromatic carbocycles. The van der Waals surface area contributed by atoms with Crippen LogP contribution in [0.25, 0.3) is 0 Å². The molecule has 0 aliphatic heterocycles. The zero-order valence-electron chi connectivity index (χ0n) is 12.1. The van der Waals surface area contributed by atoms with E-state index >= 15 is 0 Å². The molecule has 5 nitrogen and oxygen atoms in total. The number of unbranched alkanes of at least 4 members (excludes halogenated alkanes) is 1. The van der Waals surface area contributed by atoms with Crippen LogP contribution in [0.3, 0.4) is 0 Å². The van der Waals surface area contributed by atoms with E-state index in [0.717, 1.165) is 18.6 Å². The molecule has 1 N–H and O–H groups in total. The monoisotopic (exact) mass is 299 g/mol. The average molecular weight is 299 g/mol. The molecule has 0 radical (unpaired) electrons. The highest BCUT2D eigenvalue weighted by molar-refractivity contribution is 5.84. The summed E-state index contributed by atoms with van der Waals surface area (Å²) in [6.07, 6.45) is 2.23. The van der Waals surface area contributed by atoms with E-state index in [0.29, 0.717) is 18.8 Å². The van der Waals surface area contributed by atoms with Crippen LogP contribution in [0.4, 0.5) is 0 Å². The molecule has 2 rings (SSSR count). The van der Waals surface area contributed by atoms with E-state index in [1.54, 1.807) is 6.07 Å². The Labute approximate surface area is 128 Å². The summed E-state index contributed by atoms with van der Waals surface area (Å²) in [6, 6.07) is 14.6. The van der Waals surface area contributed by atoms with Gasteiger partial charge in [0.15, 0.2) is 0 Å². The second-order valence-electron chi connectivity index (χ2n) is 4.85. The number of ether oxygens (including phenoxy) is 1. The van der Waals surface area contributed by atoms with Gasteiger partial charge in [0.1, 0.15) is 17.4 Å². The second kappa shape index (κ2) is 7.89. The number of carboxylic acid groups (broad SMARTS) is 1. The highest BCUT2D eigenvalue weighted by atomic mass is 16.5. The largest absolute Gasteiger partial charge is 0.494 e. The molecule has 0 spiro atoms. The van der Waals surface area contributed by atoms with Crippen LogP contribution in [0.5, 0.6) is 5.75 Å². The van der Waals surface area contributed by atoms with Gasteiger partial charge in [-0.05, 0) is 43.5 Å². The maximum absolute atomic E-state index is 10.8. The predicted molar refractivity (Wildman–Crippen MR) is 79.8 cm³/mol. The molecule has 0 saturated carbocycles. The zero-order valence-corrected chi connectivity index (χ0v) is 12.1. The van der Waals surface area contributed by atoms with Crippen molar-refractivity contribution in [3.8, 4) is 11.8 Å². The average Bonchev–Trinajstić information content (AvgIpc) is 3.02. The Morgan fingerprint density at radius 1 is 1.23 bits per heavy atom. The van der Waals surface area contributed by atoms with Crippen LogP contribution in [-0.2, 0) is 0 Å². The molecule has 114 valence electrons. The van der Waals surface area contributed by atoms with Crippen LogP contribution in [-0.4, -0.2) is 17.7 Å². The fraction of sp³-hybridized carbons (Fsp3) is 0.294. The number of furan rings is 1. The first-order chi connectivity index (χ1) is 10.7. The Balaban J connectivity index is 1.74. The van der Waals surface area contributed by atoms with Crippen LogP contribution < -0.4 is 4.74 Å². The minimum atomic E-state index is -1.13. The van der Waals surface area contributed by atoms with Gasteiger partial charge in [-0.15, -0.1) is 0 Å². The van der Waals surface area contributed by atoms with Crippen molar-refractivity contribution in [3.05, 3.63) is 54.0 Å². The van der Waals surface area contributed by atoms with Crippen molar-refractivity contribution in [1.82, 2.24) is 0 Å². The van der Waals surface area contributed by atoms with Crippen molar-refractivity contribution < 1.29 is 19.1 Å². The second-order valence-corrected chi connectivity index (χ2v) is 4.85. The number of nitriles is 1. The Hall–Kier alpha value is -2.74. The zero-order chi connectivity index (χ0) is 15.8. The van der Waals surface area contributed by atoms with Gasteiger partial charge < -0.3 is 14.3 Å². The van der Waals surface area contributed by atoms with Crippen molar-refractivity contribution >= 4 is 5.97 Å². The maximum atomic E-state index is 10.8. The summed E-state index contributed by atoms with van der Waals surface area (Å²) in [6.45, 7) is 0.584. The number of para-hydroxylation sites is 1. The lowest BCUT2D eigenvalue weighted by atomic mass is 10.0. The lowest BCUT2D eigenvalue weighted by molar-refractivity contribution is 0.0660. The van der Waals surface area contributed by atoms with Gasteiger partial charge in [-0.2, -0.15) is 5.26 Å². The van der Waals surface area contributed by atoms with Crippen LogP contribution >= 0.6 is 0 Å². The Morgan fingerprint density at radius 3 is 2.64 bits per heavy atom. The van der Waals surface area contributed by atoms with Crippen molar-refractivity contribution in [2.75, 3.05) is 6.61 Å². The van der Waals surface area contributed by atoms with Gasteiger partial charge in [0.2, 0.25) is 5.76 Å². The summed E-state index contributed by atoms with van der Waals surface area (Å²) in [5.41, 5.74) is 0. The molecule has 1 aromatic heterocycles. The van der Waals surface area contributed by atoms with Gasteiger partial charge in [-0.25, -0.2) is 4.79 Å². The van der Waals surface area contributed by atoms with Crippen molar-refractivity contribution in [2.24, 2.45) is 0 Å². The minimum absolute atomic E-state index is 0.136. The van der Waals surface area contributed by atoms with E-state index in [-0.39, 0.29) is 5.76 Å². The molecule has 0 amide bonds. The maximum Gasteiger partial charge on any atom is 0.371 e. The van der Waals surface area contributed by atoms with Crippen LogP contribution in [0.1, 0.15) is 41.5 Å². The highest BCUT2D eigenvalue weighted by Crippen LogP contribution is 2.23. The summed E-state index contributed by atoms with van der Waals surface area (Å²) in [7, 11) is 0. The minimum Gasteiger partial charge on any atom is -0.494 e. The molecule has 22 heavy (non-hydrogen) atoms. The SMILES string of the molecule is N#CC(CCCCOc1ccccc1)c1ccc(C(=O)O)o1. The number of aromatic carboxylic acids is 1. The lowest BCUT2D eigenvalue weighted by Crippen LogP contribution is -2.00. The number of hydrogen-bond donors (Lipinski definition) is 1. The van der Waals surface area contributed by atoms with Crippen LogP contribution in [0.2, 0.25) is 0 Å². The van der Waals surface area contributed by atoms with Crippen molar-refractivity contribution in [3.63, 3.8) is 0 Å². The smallest absolute Gasteiger partial charge is 0.371 e. The molecule has 0 fully saturated rings. The number of rotatable bonds is 8. The molecule has 0 aliphatic rings. The van der Waals surface area contributed by atoms with Gasteiger partial charge in [-0.1, -0.05) is 18.2 Å². The van der Waals surface area contributed by atoms with E-state index < -0.39 is 11.9 Å². The Bertz CT molecular complexity index is 642. The molecule has 2 aromatic rings. The summed E-state index contributed by atoms with van der Waals surface area (Å²) in [5, 5.41) is 18.0. The van der Waals surface area contributed by atoms with E-state index in [2.05, 4.69) is 6.07 Å². The summed E-state index contributed by atoms with van der Waals surface area (Å²) in [5.74, 6) is -0.452. The molecular weight excluding hydrogens is 282 g/mol. The molecule has 0 bridgehead atoms. The molecule has 1 heterocycles. The first-order valence-electron chi connectivity index (χ1n) is 7.11. The number of benzene rings is 1. The van der Waals surface area contributed by atoms with E-state index in [4.69, 9.17) is 14.3 Å².